The zero-order valence-electron chi connectivity index (χ0n) is 15.7. The lowest BCUT2D eigenvalue weighted by molar-refractivity contribution is -0.142. The molecular weight excluding hydrogens is 342 g/mol. The smallest absolute Gasteiger partial charge is 0.228 e. The average Bonchev–Trinajstić information content (AvgIpc) is 3.49. The highest BCUT2D eigenvalue weighted by Gasteiger charge is 2.39. The molecule has 2 aliphatic heterocycles. The van der Waals surface area contributed by atoms with Crippen LogP contribution in [0.15, 0.2) is 30.3 Å². The second kappa shape index (κ2) is 7.71. The van der Waals surface area contributed by atoms with Gasteiger partial charge in [-0.25, -0.2) is 0 Å². The Labute approximate surface area is 160 Å². The second-order valence-electron chi connectivity index (χ2n) is 7.90. The highest BCUT2D eigenvalue weighted by atomic mass is 16.2. The highest BCUT2D eigenvalue weighted by Crippen LogP contribution is 2.31. The molecule has 3 aliphatic rings. The van der Waals surface area contributed by atoms with Gasteiger partial charge < -0.3 is 14.7 Å². The first kappa shape index (κ1) is 18.0. The van der Waals surface area contributed by atoms with E-state index in [2.05, 4.69) is 12.1 Å². The van der Waals surface area contributed by atoms with Gasteiger partial charge >= 0.3 is 0 Å². The first-order chi connectivity index (χ1) is 13.1. The summed E-state index contributed by atoms with van der Waals surface area (Å²) >= 11 is 0. The van der Waals surface area contributed by atoms with Gasteiger partial charge in [-0.3, -0.25) is 14.4 Å². The molecule has 3 amide bonds. The van der Waals surface area contributed by atoms with Crippen LogP contribution in [0.5, 0.6) is 0 Å². The molecule has 6 heteroatoms. The van der Waals surface area contributed by atoms with E-state index in [1.54, 1.807) is 0 Å². The van der Waals surface area contributed by atoms with Crippen molar-refractivity contribution in [2.24, 2.45) is 11.8 Å². The summed E-state index contributed by atoms with van der Waals surface area (Å²) in [7, 11) is 0. The zero-order chi connectivity index (χ0) is 18.8. The lowest BCUT2D eigenvalue weighted by atomic mass is 10.1. The van der Waals surface area contributed by atoms with Crippen LogP contribution in [-0.2, 0) is 20.8 Å². The summed E-state index contributed by atoms with van der Waals surface area (Å²) in [4.78, 5) is 42.9. The summed E-state index contributed by atoms with van der Waals surface area (Å²) in [5.41, 5.74) is 1.21. The third-order valence-corrected chi connectivity index (χ3v) is 5.91. The van der Waals surface area contributed by atoms with Crippen LogP contribution in [0.3, 0.4) is 0 Å². The summed E-state index contributed by atoms with van der Waals surface area (Å²) in [6.07, 6.45) is 3.16. The molecule has 0 spiro atoms. The summed E-state index contributed by atoms with van der Waals surface area (Å²) < 4.78 is 0. The van der Waals surface area contributed by atoms with E-state index in [0.717, 1.165) is 19.3 Å². The Morgan fingerprint density at radius 2 is 1.48 bits per heavy atom. The average molecular weight is 369 g/mol. The standard InChI is InChI=1S/C21H27N3O3/c25-19-14-18(15-24(19)9-8-16-4-2-1-3-5-16)21(27)23-12-10-22(11-13-23)20(26)17-6-7-17/h1-5,17-18H,6-15H2/t18-/m0/s1. The number of hydrogen-bond donors (Lipinski definition) is 0. The van der Waals surface area contributed by atoms with Crippen molar-refractivity contribution >= 4 is 17.7 Å². The largest absolute Gasteiger partial charge is 0.342 e. The molecule has 2 heterocycles. The number of likely N-dealkylation sites (tertiary alicyclic amines) is 1. The number of amides is 3. The van der Waals surface area contributed by atoms with E-state index >= 15 is 0 Å². The maximum atomic E-state index is 12.8. The molecule has 1 atom stereocenters. The SMILES string of the molecule is O=C1C[C@H](C(=O)N2CCN(C(=O)C3CC3)CC2)CN1CCc1ccccc1. The first-order valence-corrected chi connectivity index (χ1v) is 10.0. The Morgan fingerprint density at radius 1 is 0.889 bits per heavy atom. The summed E-state index contributed by atoms with van der Waals surface area (Å²) in [5, 5.41) is 0. The summed E-state index contributed by atoms with van der Waals surface area (Å²) in [6, 6.07) is 10.1. The second-order valence-corrected chi connectivity index (χ2v) is 7.90. The fraction of sp³-hybridized carbons (Fsp3) is 0.571. The Balaban J connectivity index is 1.26. The number of benzene rings is 1. The Kier molecular flexibility index (Phi) is 5.14. The summed E-state index contributed by atoms with van der Waals surface area (Å²) in [6.45, 7) is 3.61. The van der Waals surface area contributed by atoms with Gasteiger partial charge in [0.15, 0.2) is 0 Å². The molecule has 0 N–H and O–H groups in total. The van der Waals surface area contributed by atoms with Gasteiger partial charge in [0.1, 0.15) is 0 Å². The van der Waals surface area contributed by atoms with Crippen molar-refractivity contribution in [3.05, 3.63) is 35.9 Å². The van der Waals surface area contributed by atoms with E-state index in [-0.39, 0.29) is 29.6 Å². The predicted molar refractivity (Wildman–Crippen MR) is 101 cm³/mol. The van der Waals surface area contributed by atoms with Gasteiger partial charge in [0.2, 0.25) is 17.7 Å². The molecule has 27 heavy (non-hydrogen) atoms. The molecule has 0 aromatic heterocycles. The fourth-order valence-corrected chi connectivity index (χ4v) is 4.06. The molecule has 1 aromatic carbocycles. The van der Waals surface area contributed by atoms with Gasteiger partial charge in [-0.05, 0) is 24.8 Å². The molecule has 0 bridgehead atoms. The zero-order valence-corrected chi connectivity index (χ0v) is 15.7. The number of piperazine rings is 1. The fourth-order valence-electron chi connectivity index (χ4n) is 4.06. The molecule has 2 saturated heterocycles. The van der Waals surface area contributed by atoms with Crippen molar-refractivity contribution in [3.8, 4) is 0 Å². The molecule has 0 radical (unpaired) electrons. The van der Waals surface area contributed by atoms with E-state index in [0.29, 0.717) is 45.7 Å². The molecule has 1 saturated carbocycles. The van der Waals surface area contributed by atoms with Crippen LogP contribution in [-0.4, -0.2) is 71.7 Å². The minimum absolute atomic E-state index is 0.0732. The van der Waals surface area contributed by atoms with Crippen molar-refractivity contribution in [2.45, 2.75) is 25.7 Å². The number of hydrogen-bond acceptors (Lipinski definition) is 3. The van der Waals surface area contributed by atoms with Gasteiger partial charge in [0.25, 0.3) is 0 Å². The summed E-state index contributed by atoms with van der Waals surface area (Å²) in [5.74, 6) is 0.401. The molecule has 1 aliphatic carbocycles. The van der Waals surface area contributed by atoms with Gasteiger partial charge in [0, 0.05) is 51.6 Å². The van der Waals surface area contributed by atoms with Crippen molar-refractivity contribution in [1.82, 2.24) is 14.7 Å². The molecule has 6 nitrogen and oxygen atoms in total. The van der Waals surface area contributed by atoms with Gasteiger partial charge in [0.05, 0.1) is 5.92 Å². The quantitative estimate of drug-likeness (QED) is 0.783. The van der Waals surface area contributed by atoms with Crippen LogP contribution in [0.25, 0.3) is 0 Å². The topological polar surface area (TPSA) is 60.9 Å². The molecule has 1 aromatic rings. The van der Waals surface area contributed by atoms with Crippen molar-refractivity contribution < 1.29 is 14.4 Å². The molecular formula is C21H27N3O3. The first-order valence-electron chi connectivity index (χ1n) is 10.0. The van der Waals surface area contributed by atoms with Crippen LogP contribution < -0.4 is 0 Å². The van der Waals surface area contributed by atoms with E-state index < -0.39 is 0 Å². The van der Waals surface area contributed by atoms with Gasteiger partial charge in [-0.2, -0.15) is 0 Å². The minimum Gasteiger partial charge on any atom is -0.342 e. The monoisotopic (exact) mass is 369 g/mol. The minimum atomic E-state index is -0.237. The maximum absolute atomic E-state index is 12.8. The van der Waals surface area contributed by atoms with Crippen LogP contribution in [0.4, 0.5) is 0 Å². The predicted octanol–water partition coefficient (Wildman–Crippen LogP) is 1.16. The number of carbonyl (C=O) groups excluding carboxylic acids is 3. The van der Waals surface area contributed by atoms with Crippen molar-refractivity contribution in [1.29, 1.82) is 0 Å². The van der Waals surface area contributed by atoms with E-state index in [4.69, 9.17) is 0 Å². The molecule has 3 fully saturated rings. The van der Waals surface area contributed by atoms with Crippen molar-refractivity contribution in [2.75, 3.05) is 39.3 Å². The van der Waals surface area contributed by atoms with Crippen molar-refractivity contribution in [3.63, 3.8) is 0 Å². The number of nitrogens with zero attached hydrogens (tertiary/aromatic N) is 3. The maximum Gasteiger partial charge on any atom is 0.228 e. The van der Waals surface area contributed by atoms with Crippen LogP contribution >= 0.6 is 0 Å². The number of rotatable bonds is 5. The van der Waals surface area contributed by atoms with Crippen LogP contribution in [0, 0.1) is 11.8 Å². The lowest BCUT2D eigenvalue weighted by Crippen LogP contribution is -2.52. The molecule has 144 valence electrons. The third kappa shape index (κ3) is 4.15. The lowest BCUT2D eigenvalue weighted by Gasteiger charge is -2.36. The molecule has 0 unspecified atom stereocenters. The third-order valence-electron chi connectivity index (χ3n) is 5.91. The highest BCUT2D eigenvalue weighted by molar-refractivity contribution is 5.89. The Morgan fingerprint density at radius 3 is 2.07 bits per heavy atom. The van der Waals surface area contributed by atoms with E-state index in [9.17, 15) is 14.4 Å². The Bertz CT molecular complexity index is 709. The van der Waals surface area contributed by atoms with Crippen LogP contribution in [0.2, 0.25) is 0 Å². The van der Waals surface area contributed by atoms with Gasteiger partial charge in [-0.15, -0.1) is 0 Å². The van der Waals surface area contributed by atoms with E-state index in [1.807, 2.05) is 32.9 Å². The normalized spacial score (nSPS) is 23.0. The molecule has 4 rings (SSSR count). The van der Waals surface area contributed by atoms with Crippen LogP contribution in [0.1, 0.15) is 24.8 Å². The van der Waals surface area contributed by atoms with Gasteiger partial charge in [-0.1, -0.05) is 30.3 Å². The van der Waals surface area contributed by atoms with E-state index in [1.165, 1.54) is 5.56 Å². The number of carbonyl (C=O) groups is 3. The Hall–Kier alpha value is -2.37.